The van der Waals surface area contributed by atoms with E-state index in [0.29, 0.717) is 0 Å². The fourth-order valence-corrected chi connectivity index (χ4v) is 4.50. The van der Waals surface area contributed by atoms with Gasteiger partial charge in [0.15, 0.2) is 0 Å². The number of hydrogen-bond donors (Lipinski definition) is 1. The first-order chi connectivity index (χ1) is 8.97. The smallest absolute Gasteiger partial charge is 0.0632 e. The molecule has 0 aliphatic rings. The van der Waals surface area contributed by atoms with Crippen molar-refractivity contribution in [2.75, 3.05) is 5.32 Å². The number of anilines is 1. The van der Waals surface area contributed by atoms with Crippen molar-refractivity contribution in [3.05, 3.63) is 59.3 Å². The van der Waals surface area contributed by atoms with Gasteiger partial charge in [-0.1, -0.05) is 44.0 Å². The Bertz CT molecular complexity index is 587. The number of aryl methyl sites for hydroxylation is 1. The highest BCUT2D eigenvalue weighted by molar-refractivity contribution is 9.11. The van der Waals surface area contributed by atoms with Crippen LogP contribution in [0, 0.1) is 6.92 Å². The summed E-state index contributed by atoms with van der Waals surface area (Å²) in [7, 11) is 0. The summed E-state index contributed by atoms with van der Waals surface area (Å²) in [5.41, 5.74) is 3.56. The number of hydrogen-bond acceptors (Lipinski definition) is 1. The van der Waals surface area contributed by atoms with Gasteiger partial charge >= 0.3 is 0 Å². The van der Waals surface area contributed by atoms with Crippen molar-refractivity contribution in [3.8, 4) is 0 Å². The van der Waals surface area contributed by atoms with Crippen LogP contribution in [0.1, 0.15) is 11.1 Å². The fourth-order valence-electron chi connectivity index (χ4n) is 1.72. The van der Waals surface area contributed by atoms with Crippen molar-refractivity contribution in [1.82, 2.24) is 0 Å². The zero-order chi connectivity index (χ0) is 14.0. The van der Waals surface area contributed by atoms with Gasteiger partial charge in [-0.05, 0) is 68.1 Å². The molecular weight excluding hydrogens is 502 g/mol. The third-order valence-corrected chi connectivity index (χ3v) is 5.30. The Morgan fingerprint density at radius 3 is 2.11 bits per heavy atom. The van der Waals surface area contributed by atoms with E-state index in [2.05, 4.69) is 94.2 Å². The van der Waals surface area contributed by atoms with Crippen molar-refractivity contribution in [3.63, 3.8) is 0 Å². The second-order valence-corrected chi connectivity index (χ2v) is 7.66. The first-order valence-corrected chi connectivity index (χ1v) is 8.78. The lowest BCUT2D eigenvalue weighted by atomic mass is 10.1. The lowest BCUT2D eigenvalue weighted by Gasteiger charge is -2.12. The number of benzene rings is 2. The number of nitrogens with one attached hydrogen (secondary N) is 1. The first-order valence-electron chi connectivity index (χ1n) is 5.61. The average molecular weight is 513 g/mol. The van der Waals surface area contributed by atoms with Gasteiger partial charge in [0.2, 0.25) is 0 Å². The van der Waals surface area contributed by atoms with Gasteiger partial charge in [0.05, 0.1) is 5.69 Å². The van der Waals surface area contributed by atoms with E-state index in [9.17, 15) is 0 Å². The lowest BCUT2D eigenvalue weighted by Crippen LogP contribution is -2.01. The molecule has 0 bridgehead atoms. The molecule has 100 valence electrons. The van der Waals surface area contributed by atoms with Crippen LogP contribution in [0.15, 0.2) is 48.2 Å². The summed E-state index contributed by atoms with van der Waals surface area (Å²) in [5.74, 6) is 0. The van der Waals surface area contributed by atoms with E-state index in [1.165, 1.54) is 11.1 Å². The second kappa shape index (κ2) is 6.74. The van der Waals surface area contributed by atoms with Crippen LogP contribution in [0.3, 0.4) is 0 Å². The minimum atomic E-state index is 0.785. The first kappa shape index (κ1) is 15.5. The Hall–Kier alpha value is 0.160. The molecule has 5 heteroatoms. The highest BCUT2D eigenvalue weighted by Gasteiger charge is 2.06. The van der Waals surface area contributed by atoms with Crippen LogP contribution < -0.4 is 5.32 Å². The molecule has 0 aliphatic heterocycles. The maximum atomic E-state index is 3.57. The van der Waals surface area contributed by atoms with Gasteiger partial charge in [-0.2, -0.15) is 0 Å². The molecule has 1 N–H and O–H groups in total. The highest BCUT2D eigenvalue weighted by Crippen LogP contribution is 2.34. The predicted molar refractivity (Wildman–Crippen MR) is 95.7 cm³/mol. The Morgan fingerprint density at radius 2 is 1.53 bits per heavy atom. The van der Waals surface area contributed by atoms with Crippen molar-refractivity contribution in [2.45, 2.75) is 13.5 Å². The summed E-state index contributed by atoms with van der Waals surface area (Å²) in [6.45, 7) is 2.88. The van der Waals surface area contributed by atoms with E-state index in [-0.39, 0.29) is 0 Å². The van der Waals surface area contributed by atoms with E-state index in [0.717, 1.165) is 30.1 Å². The molecule has 0 fully saturated rings. The topological polar surface area (TPSA) is 12.0 Å². The molecule has 2 rings (SSSR count). The number of halogens is 4. The molecule has 0 unspecified atom stereocenters. The molecule has 0 heterocycles. The van der Waals surface area contributed by atoms with Crippen LogP contribution in [0.5, 0.6) is 0 Å². The van der Waals surface area contributed by atoms with Gasteiger partial charge in [0.1, 0.15) is 0 Å². The van der Waals surface area contributed by atoms with Crippen LogP contribution in [-0.2, 0) is 6.54 Å². The minimum absolute atomic E-state index is 0.785. The molecule has 0 saturated carbocycles. The normalized spacial score (nSPS) is 10.6. The van der Waals surface area contributed by atoms with Gasteiger partial charge in [0, 0.05) is 24.4 Å². The summed E-state index contributed by atoms with van der Waals surface area (Å²) >= 11 is 14.1. The predicted octanol–water partition coefficient (Wildman–Crippen LogP) is 6.66. The molecule has 2 aromatic carbocycles. The largest absolute Gasteiger partial charge is 0.379 e. The van der Waals surface area contributed by atoms with Crippen molar-refractivity contribution in [2.24, 2.45) is 0 Å². The molecule has 0 atom stereocenters. The fraction of sp³-hybridized carbons (Fsp3) is 0.143. The Balaban J connectivity index is 2.16. The Kier molecular flexibility index (Phi) is 5.52. The standard InChI is InChI=1S/C14H11Br4N/c1-8-4-9(2-3-11(8)16)7-19-14-12(17)5-10(15)6-13(14)18/h2-6,19H,7H2,1H3. The summed E-state index contributed by atoms with van der Waals surface area (Å²) < 4.78 is 4.24. The molecule has 19 heavy (non-hydrogen) atoms. The molecule has 0 saturated heterocycles. The average Bonchev–Trinajstić information content (AvgIpc) is 2.32. The summed E-state index contributed by atoms with van der Waals surface area (Å²) in [4.78, 5) is 0. The van der Waals surface area contributed by atoms with E-state index >= 15 is 0 Å². The van der Waals surface area contributed by atoms with Crippen LogP contribution in [0.4, 0.5) is 5.69 Å². The molecule has 2 aromatic rings. The maximum Gasteiger partial charge on any atom is 0.0632 e. The molecular formula is C14H11Br4N. The van der Waals surface area contributed by atoms with E-state index < -0.39 is 0 Å². The summed E-state index contributed by atoms with van der Waals surface area (Å²) in [6.07, 6.45) is 0. The third-order valence-electron chi connectivity index (χ3n) is 2.70. The lowest BCUT2D eigenvalue weighted by molar-refractivity contribution is 1.13. The monoisotopic (exact) mass is 509 g/mol. The zero-order valence-electron chi connectivity index (χ0n) is 10.1. The Morgan fingerprint density at radius 1 is 0.895 bits per heavy atom. The van der Waals surface area contributed by atoms with Gasteiger partial charge in [0.25, 0.3) is 0 Å². The molecule has 0 aliphatic carbocycles. The van der Waals surface area contributed by atoms with E-state index in [1.54, 1.807) is 0 Å². The van der Waals surface area contributed by atoms with Crippen LogP contribution in [0.25, 0.3) is 0 Å². The maximum absolute atomic E-state index is 3.57. The molecule has 0 spiro atoms. The van der Waals surface area contributed by atoms with E-state index in [4.69, 9.17) is 0 Å². The molecule has 1 nitrogen and oxygen atoms in total. The zero-order valence-corrected chi connectivity index (χ0v) is 16.4. The van der Waals surface area contributed by atoms with Crippen molar-refractivity contribution >= 4 is 69.4 Å². The molecule has 0 amide bonds. The summed E-state index contributed by atoms with van der Waals surface area (Å²) in [6, 6.07) is 10.4. The van der Waals surface area contributed by atoms with Gasteiger partial charge in [-0.3, -0.25) is 0 Å². The summed E-state index contributed by atoms with van der Waals surface area (Å²) in [5, 5.41) is 3.44. The quantitative estimate of drug-likeness (QED) is 0.485. The van der Waals surface area contributed by atoms with Crippen molar-refractivity contribution < 1.29 is 0 Å². The van der Waals surface area contributed by atoms with Gasteiger partial charge < -0.3 is 5.32 Å². The minimum Gasteiger partial charge on any atom is -0.379 e. The van der Waals surface area contributed by atoms with Gasteiger partial charge in [-0.25, -0.2) is 0 Å². The Labute approximate surface area is 146 Å². The van der Waals surface area contributed by atoms with Crippen molar-refractivity contribution in [1.29, 1.82) is 0 Å². The van der Waals surface area contributed by atoms with Gasteiger partial charge in [-0.15, -0.1) is 0 Å². The second-order valence-electron chi connectivity index (χ2n) is 4.18. The third kappa shape index (κ3) is 4.06. The molecule has 0 radical (unpaired) electrons. The number of rotatable bonds is 3. The van der Waals surface area contributed by atoms with Crippen LogP contribution in [0.2, 0.25) is 0 Å². The van der Waals surface area contributed by atoms with E-state index in [1.807, 2.05) is 12.1 Å². The molecule has 0 aromatic heterocycles. The van der Waals surface area contributed by atoms with Crippen LogP contribution in [-0.4, -0.2) is 0 Å². The van der Waals surface area contributed by atoms with Crippen LogP contribution >= 0.6 is 63.7 Å². The highest BCUT2D eigenvalue weighted by atomic mass is 79.9. The SMILES string of the molecule is Cc1cc(CNc2c(Br)cc(Br)cc2Br)ccc1Br.